The van der Waals surface area contributed by atoms with Gasteiger partial charge in [0.2, 0.25) is 5.91 Å². The molecular weight excluding hydrogens is 239 g/mol. The van der Waals surface area contributed by atoms with Gasteiger partial charge in [-0.1, -0.05) is 13.8 Å². The van der Waals surface area contributed by atoms with E-state index in [-0.39, 0.29) is 11.8 Å². The van der Waals surface area contributed by atoms with Crippen LogP contribution in [0.4, 0.5) is 5.69 Å². The molecule has 0 saturated heterocycles. The quantitative estimate of drug-likeness (QED) is 0.757. The number of hydrogen-bond donors (Lipinski definition) is 0. The van der Waals surface area contributed by atoms with Crippen molar-refractivity contribution in [3.63, 3.8) is 0 Å². The molecule has 0 saturated carbocycles. The van der Waals surface area contributed by atoms with Crippen LogP contribution in [0.1, 0.15) is 13.8 Å². The summed E-state index contributed by atoms with van der Waals surface area (Å²) in [5, 5.41) is 4.21. The molecule has 0 aromatic carbocycles. The molecule has 2 aromatic heterocycles. The normalized spacial score (nSPS) is 10.7. The van der Waals surface area contributed by atoms with E-state index in [1.807, 2.05) is 19.9 Å². The second kappa shape index (κ2) is 5.26. The molecule has 2 radical (unpaired) electrons. The fraction of sp³-hybridized carbons (Fsp3) is 0.308. The Morgan fingerprint density at radius 1 is 1.42 bits per heavy atom. The van der Waals surface area contributed by atoms with Crippen molar-refractivity contribution in [1.82, 2.24) is 14.8 Å². The molecule has 96 valence electrons. The molecule has 5 nitrogen and oxygen atoms in total. The van der Waals surface area contributed by atoms with E-state index in [9.17, 15) is 4.79 Å². The Morgan fingerprint density at radius 3 is 2.74 bits per heavy atom. The summed E-state index contributed by atoms with van der Waals surface area (Å²) in [5.74, 6) is -0.0939. The number of amides is 1. The topological polar surface area (TPSA) is 51.0 Å². The number of hydrogen-bond acceptors (Lipinski definition) is 3. The molecule has 0 aliphatic rings. The highest BCUT2D eigenvalue weighted by molar-refractivity contribution is 6.35. The van der Waals surface area contributed by atoms with Gasteiger partial charge in [-0.3, -0.25) is 9.78 Å². The summed E-state index contributed by atoms with van der Waals surface area (Å²) in [6.45, 7) is 3.70. The first kappa shape index (κ1) is 13.3. The molecule has 2 aromatic rings. The number of nitrogens with zero attached hydrogens (tertiary/aromatic N) is 4. The maximum Gasteiger partial charge on any atom is 0.229 e. The van der Waals surface area contributed by atoms with Crippen molar-refractivity contribution in [1.29, 1.82) is 0 Å². The molecule has 0 fully saturated rings. The monoisotopic (exact) mass is 254 g/mol. The lowest BCUT2D eigenvalue weighted by molar-refractivity contribution is -0.121. The van der Waals surface area contributed by atoms with Crippen molar-refractivity contribution in [2.24, 2.45) is 5.92 Å². The summed E-state index contributed by atoms with van der Waals surface area (Å²) < 4.78 is 1.56. The van der Waals surface area contributed by atoms with Crippen LogP contribution >= 0.6 is 0 Å². The van der Waals surface area contributed by atoms with Crippen molar-refractivity contribution in [3.05, 3.63) is 30.7 Å². The largest absolute Gasteiger partial charge is 0.313 e. The Hall–Kier alpha value is -2.11. The third-order valence-electron chi connectivity index (χ3n) is 2.86. The Morgan fingerprint density at radius 2 is 2.16 bits per heavy atom. The van der Waals surface area contributed by atoms with Crippen LogP contribution in [-0.4, -0.2) is 35.6 Å². The molecule has 0 bridgehead atoms. The minimum Gasteiger partial charge on any atom is -0.313 e. The second-order valence-electron chi connectivity index (χ2n) is 4.59. The van der Waals surface area contributed by atoms with Crippen molar-refractivity contribution in [2.45, 2.75) is 13.8 Å². The number of pyridine rings is 1. The van der Waals surface area contributed by atoms with Crippen molar-refractivity contribution < 1.29 is 4.79 Å². The van der Waals surface area contributed by atoms with Gasteiger partial charge in [0, 0.05) is 24.8 Å². The zero-order chi connectivity index (χ0) is 14.0. The zero-order valence-electron chi connectivity index (χ0n) is 11.2. The molecule has 0 atom stereocenters. The number of carbonyl (C=O) groups excluding carboxylic acids is 1. The Bertz CT molecular complexity index is 580. The summed E-state index contributed by atoms with van der Waals surface area (Å²) in [4.78, 5) is 17.5. The molecule has 1 amide bonds. The van der Waals surface area contributed by atoms with Gasteiger partial charge in [-0.05, 0) is 12.1 Å². The minimum absolute atomic E-state index is 0.00237. The molecule has 19 heavy (non-hydrogen) atoms. The summed E-state index contributed by atoms with van der Waals surface area (Å²) >= 11 is 0. The van der Waals surface area contributed by atoms with E-state index in [0.717, 1.165) is 5.69 Å². The van der Waals surface area contributed by atoms with E-state index in [4.69, 9.17) is 7.85 Å². The first-order valence-corrected chi connectivity index (χ1v) is 6.04. The predicted molar refractivity (Wildman–Crippen MR) is 75.0 cm³/mol. The van der Waals surface area contributed by atoms with E-state index in [1.165, 1.54) is 4.90 Å². The molecule has 0 aliphatic heterocycles. The fourth-order valence-corrected chi connectivity index (χ4v) is 1.80. The van der Waals surface area contributed by atoms with Gasteiger partial charge in [0.15, 0.2) is 0 Å². The Labute approximate surface area is 113 Å². The number of rotatable bonds is 3. The lowest BCUT2D eigenvalue weighted by Crippen LogP contribution is -2.34. The van der Waals surface area contributed by atoms with Crippen molar-refractivity contribution in [3.8, 4) is 5.69 Å². The van der Waals surface area contributed by atoms with Gasteiger partial charge in [0.05, 0.1) is 23.8 Å². The number of carbonyl (C=O) groups is 1. The van der Waals surface area contributed by atoms with Crippen molar-refractivity contribution >= 4 is 25.0 Å². The van der Waals surface area contributed by atoms with Crippen LogP contribution in [0, 0.1) is 5.92 Å². The highest BCUT2D eigenvalue weighted by atomic mass is 16.2. The molecule has 2 heterocycles. The SMILES string of the molecule is [B]c1c(N(C)C(=O)C(C)C)cnn1-c1cccnc1. The summed E-state index contributed by atoms with van der Waals surface area (Å²) in [6.07, 6.45) is 4.93. The molecule has 0 N–H and O–H groups in total. The molecule has 6 heteroatoms. The average molecular weight is 254 g/mol. The Balaban J connectivity index is 2.36. The summed E-state index contributed by atoms with van der Waals surface area (Å²) in [7, 11) is 7.75. The van der Waals surface area contributed by atoms with Crippen LogP contribution in [0.15, 0.2) is 30.7 Å². The minimum atomic E-state index is -0.0915. The van der Waals surface area contributed by atoms with Gasteiger partial charge >= 0.3 is 0 Å². The Kier molecular flexibility index (Phi) is 3.69. The maximum absolute atomic E-state index is 12.0. The molecule has 0 spiro atoms. The lowest BCUT2D eigenvalue weighted by Gasteiger charge is -2.19. The van der Waals surface area contributed by atoms with Gasteiger partial charge in [0.1, 0.15) is 7.85 Å². The fourth-order valence-electron chi connectivity index (χ4n) is 1.80. The van der Waals surface area contributed by atoms with Crippen LogP contribution in [-0.2, 0) is 4.79 Å². The zero-order valence-corrected chi connectivity index (χ0v) is 11.2. The highest BCUT2D eigenvalue weighted by Gasteiger charge is 2.19. The summed E-state index contributed by atoms with van der Waals surface area (Å²) in [6, 6.07) is 3.66. The van der Waals surface area contributed by atoms with Gasteiger partial charge in [-0.25, -0.2) is 4.68 Å². The van der Waals surface area contributed by atoms with E-state index >= 15 is 0 Å². The van der Waals surface area contributed by atoms with Crippen LogP contribution < -0.4 is 10.5 Å². The summed E-state index contributed by atoms with van der Waals surface area (Å²) in [5.41, 5.74) is 1.78. The van der Waals surface area contributed by atoms with Crippen LogP contribution in [0.25, 0.3) is 5.69 Å². The molecule has 0 aliphatic carbocycles. The number of aromatic nitrogens is 3. The van der Waals surface area contributed by atoms with Gasteiger partial charge in [0.25, 0.3) is 0 Å². The second-order valence-corrected chi connectivity index (χ2v) is 4.59. The van der Waals surface area contributed by atoms with Crippen LogP contribution in [0.5, 0.6) is 0 Å². The average Bonchev–Trinajstić information content (AvgIpc) is 2.79. The standard InChI is InChI=1S/C13H15BN4O/c1-9(2)13(19)17(3)11-8-16-18(12(11)14)10-5-4-6-15-7-10/h4-9H,1-3H3. The first-order valence-electron chi connectivity index (χ1n) is 6.04. The van der Waals surface area contributed by atoms with E-state index in [2.05, 4.69) is 10.1 Å². The smallest absolute Gasteiger partial charge is 0.229 e. The molecular formula is C13H15BN4O. The van der Waals surface area contributed by atoms with Crippen molar-refractivity contribution in [2.75, 3.05) is 11.9 Å². The van der Waals surface area contributed by atoms with E-state index in [0.29, 0.717) is 11.3 Å². The number of anilines is 1. The maximum atomic E-state index is 12.0. The highest BCUT2D eigenvalue weighted by Crippen LogP contribution is 2.13. The molecule has 0 unspecified atom stereocenters. The van der Waals surface area contributed by atoms with Gasteiger partial charge < -0.3 is 4.90 Å². The predicted octanol–water partition coefficient (Wildman–Crippen LogP) is 0.680. The van der Waals surface area contributed by atoms with Crippen LogP contribution in [0.2, 0.25) is 0 Å². The van der Waals surface area contributed by atoms with E-state index < -0.39 is 0 Å². The van der Waals surface area contributed by atoms with E-state index in [1.54, 1.807) is 36.4 Å². The van der Waals surface area contributed by atoms with Crippen LogP contribution in [0.3, 0.4) is 0 Å². The van der Waals surface area contributed by atoms with Gasteiger partial charge in [-0.2, -0.15) is 5.10 Å². The lowest BCUT2D eigenvalue weighted by atomic mass is 10.0. The first-order chi connectivity index (χ1) is 9.02. The molecule has 2 rings (SSSR count). The third kappa shape index (κ3) is 2.52. The van der Waals surface area contributed by atoms with Gasteiger partial charge in [-0.15, -0.1) is 0 Å². The third-order valence-corrected chi connectivity index (χ3v) is 2.86.